The van der Waals surface area contributed by atoms with Gasteiger partial charge in [0.2, 0.25) is 10.0 Å². The quantitative estimate of drug-likeness (QED) is 0.626. The van der Waals surface area contributed by atoms with Gasteiger partial charge in [-0.2, -0.15) is 0 Å². The molecule has 17 heavy (non-hydrogen) atoms. The summed E-state index contributed by atoms with van der Waals surface area (Å²) in [5, 5.41) is 0. The van der Waals surface area contributed by atoms with E-state index in [2.05, 4.69) is 18.6 Å². The van der Waals surface area contributed by atoms with E-state index >= 15 is 0 Å². The van der Waals surface area contributed by atoms with Gasteiger partial charge in [0.15, 0.2) is 0 Å². The molecule has 2 unspecified atom stereocenters. The molecule has 0 fully saturated rings. The Bertz CT molecular complexity index is 280. The van der Waals surface area contributed by atoms with Crippen molar-refractivity contribution in [1.82, 2.24) is 4.72 Å². The Hall–Kier alpha value is 0.200. The third kappa shape index (κ3) is 8.86. The van der Waals surface area contributed by atoms with Crippen LogP contribution in [0.4, 0.5) is 0 Å². The van der Waals surface area contributed by atoms with Crippen LogP contribution in [0.15, 0.2) is 0 Å². The molecule has 0 saturated carbocycles. The fraction of sp³-hybridized carbons (Fsp3) is 1.00. The number of unbranched alkanes of at least 4 members (excludes halogenated alkanes) is 1. The highest BCUT2D eigenvalue weighted by atomic mass is 35.5. The Balaban J connectivity index is 4.30. The van der Waals surface area contributed by atoms with Gasteiger partial charge in [-0.1, -0.05) is 40.0 Å². The lowest BCUT2D eigenvalue weighted by Crippen LogP contribution is -2.38. The number of sulfonamides is 1. The molecule has 0 aromatic heterocycles. The minimum Gasteiger partial charge on any atom is -0.212 e. The number of halogens is 1. The molecule has 0 aromatic rings. The van der Waals surface area contributed by atoms with Crippen LogP contribution in [0.3, 0.4) is 0 Å². The lowest BCUT2D eigenvalue weighted by atomic mass is 10.1. The van der Waals surface area contributed by atoms with Gasteiger partial charge in [-0.15, -0.1) is 11.6 Å². The zero-order valence-corrected chi connectivity index (χ0v) is 12.8. The highest BCUT2D eigenvalue weighted by Crippen LogP contribution is 2.10. The van der Waals surface area contributed by atoms with Crippen molar-refractivity contribution in [3.8, 4) is 0 Å². The van der Waals surface area contributed by atoms with Crippen molar-refractivity contribution in [2.75, 3.05) is 11.6 Å². The molecule has 0 aromatic carbocycles. The minimum absolute atomic E-state index is 0.00242. The predicted molar refractivity (Wildman–Crippen MR) is 75.0 cm³/mol. The van der Waals surface area contributed by atoms with Gasteiger partial charge >= 0.3 is 0 Å². The molecule has 0 spiro atoms. The standard InChI is InChI=1S/C12H26ClNO2S/c1-4-6-8-12(7-5-2)14-17(15,16)10-11(3)9-13/h11-12,14H,4-10H2,1-3H3. The van der Waals surface area contributed by atoms with Crippen LogP contribution in [0.1, 0.15) is 52.9 Å². The summed E-state index contributed by atoms with van der Waals surface area (Å²) in [4.78, 5) is 0. The molecule has 3 nitrogen and oxygen atoms in total. The number of hydrogen-bond acceptors (Lipinski definition) is 2. The normalized spacial score (nSPS) is 15.8. The van der Waals surface area contributed by atoms with E-state index in [9.17, 15) is 8.42 Å². The van der Waals surface area contributed by atoms with Crippen LogP contribution in [-0.2, 0) is 10.0 Å². The second kappa shape index (κ2) is 9.17. The van der Waals surface area contributed by atoms with Gasteiger partial charge in [-0.05, 0) is 18.8 Å². The second-order valence-corrected chi connectivity index (χ2v) is 6.89. The first-order chi connectivity index (χ1) is 7.95. The average Bonchev–Trinajstić information content (AvgIpc) is 2.25. The molecule has 0 heterocycles. The fourth-order valence-corrected chi connectivity index (χ4v) is 3.73. The molecular formula is C12H26ClNO2S. The molecule has 2 atom stereocenters. The summed E-state index contributed by atoms with van der Waals surface area (Å²) < 4.78 is 26.6. The summed E-state index contributed by atoms with van der Waals surface area (Å²) in [6.07, 6.45) is 5.01. The molecule has 0 aliphatic rings. The molecule has 0 radical (unpaired) electrons. The molecule has 0 amide bonds. The van der Waals surface area contributed by atoms with E-state index in [0.717, 1.165) is 32.1 Å². The first-order valence-corrected chi connectivity index (χ1v) is 8.69. The number of rotatable bonds is 10. The van der Waals surface area contributed by atoms with Crippen LogP contribution in [0.5, 0.6) is 0 Å². The highest BCUT2D eigenvalue weighted by molar-refractivity contribution is 7.89. The number of nitrogens with one attached hydrogen (secondary N) is 1. The van der Waals surface area contributed by atoms with Gasteiger partial charge < -0.3 is 0 Å². The molecule has 0 saturated heterocycles. The molecule has 104 valence electrons. The Labute approximate surface area is 111 Å². The molecule has 0 rings (SSSR count). The lowest BCUT2D eigenvalue weighted by Gasteiger charge is -2.19. The van der Waals surface area contributed by atoms with Gasteiger partial charge in [0, 0.05) is 11.9 Å². The van der Waals surface area contributed by atoms with Crippen LogP contribution in [-0.4, -0.2) is 26.1 Å². The maximum Gasteiger partial charge on any atom is 0.212 e. The largest absolute Gasteiger partial charge is 0.212 e. The molecule has 0 aliphatic carbocycles. The van der Waals surface area contributed by atoms with Crippen molar-refractivity contribution >= 4 is 21.6 Å². The minimum atomic E-state index is -3.18. The smallest absolute Gasteiger partial charge is 0.212 e. The second-order valence-electron chi connectivity index (χ2n) is 4.79. The summed E-state index contributed by atoms with van der Waals surface area (Å²) in [6, 6.07) is 0.0903. The van der Waals surface area contributed by atoms with E-state index in [4.69, 9.17) is 11.6 Å². The van der Waals surface area contributed by atoms with Crippen LogP contribution >= 0.6 is 11.6 Å². The van der Waals surface area contributed by atoms with Gasteiger partial charge in [-0.3, -0.25) is 0 Å². The fourth-order valence-electron chi connectivity index (χ4n) is 1.78. The van der Waals surface area contributed by atoms with Gasteiger partial charge in [0.05, 0.1) is 5.75 Å². The predicted octanol–water partition coefficient (Wildman–Crippen LogP) is 3.14. The highest BCUT2D eigenvalue weighted by Gasteiger charge is 2.19. The summed E-state index contributed by atoms with van der Waals surface area (Å²) in [7, 11) is -3.18. The van der Waals surface area contributed by atoms with Crippen LogP contribution in [0.25, 0.3) is 0 Å². The Morgan fingerprint density at radius 2 is 1.82 bits per heavy atom. The van der Waals surface area contributed by atoms with Crippen molar-refractivity contribution in [3.05, 3.63) is 0 Å². The topological polar surface area (TPSA) is 46.2 Å². The van der Waals surface area contributed by atoms with Gasteiger partial charge in [0.1, 0.15) is 0 Å². The van der Waals surface area contributed by atoms with E-state index in [1.165, 1.54) is 0 Å². The van der Waals surface area contributed by atoms with E-state index in [1.54, 1.807) is 0 Å². The van der Waals surface area contributed by atoms with Crippen molar-refractivity contribution in [1.29, 1.82) is 0 Å². The zero-order chi connectivity index (χ0) is 13.3. The summed E-state index contributed by atoms with van der Waals surface area (Å²) in [5.74, 6) is 0.513. The van der Waals surface area contributed by atoms with Crippen LogP contribution < -0.4 is 4.72 Å². The Morgan fingerprint density at radius 3 is 2.29 bits per heavy atom. The average molecular weight is 284 g/mol. The Morgan fingerprint density at radius 1 is 1.18 bits per heavy atom. The maximum atomic E-state index is 11.9. The van der Waals surface area contributed by atoms with Crippen LogP contribution in [0.2, 0.25) is 0 Å². The maximum absolute atomic E-state index is 11.9. The van der Waals surface area contributed by atoms with Crippen molar-refractivity contribution in [3.63, 3.8) is 0 Å². The molecule has 5 heteroatoms. The van der Waals surface area contributed by atoms with E-state index in [0.29, 0.717) is 5.88 Å². The third-order valence-corrected chi connectivity index (χ3v) is 4.88. The molecule has 0 bridgehead atoms. The van der Waals surface area contributed by atoms with E-state index < -0.39 is 10.0 Å². The SMILES string of the molecule is CCCCC(CCC)NS(=O)(=O)CC(C)CCl. The molecule has 1 N–H and O–H groups in total. The Kier molecular flexibility index (Phi) is 9.28. The van der Waals surface area contributed by atoms with Gasteiger partial charge in [-0.25, -0.2) is 13.1 Å². The van der Waals surface area contributed by atoms with Crippen molar-refractivity contribution in [2.24, 2.45) is 5.92 Å². The summed E-state index contributed by atoms with van der Waals surface area (Å²) in [6.45, 7) is 6.05. The zero-order valence-electron chi connectivity index (χ0n) is 11.2. The van der Waals surface area contributed by atoms with E-state index in [1.807, 2.05) is 6.92 Å². The monoisotopic (exact) mass is 283 g/mol. The molecular weight excluding hydrogens is 258 g/mol. The van der Waals surface area contributed by atoms with Gasteiger partial charge in [0.25, 0.3) is 0 Å². The third-order valence-electron chi connectivity index (χ3n) is 2.66. The first-order valence-electron chi connectivity index (χ1n) is 6.51. The molecule has 0 aliphatic heterocycles. The van der Waals surface area contributed by atoms with Crippen molar-refractivity contribution < 1.29 is 8.42 Å². The first kappa shape index (κ1) is 17.2. The summed E-state index contributed by atoms with van der Waals surface area (Å²) in [5.41, 5.74) is 0. The van der Waals surface area contributed by atoms with Crippen molar-refractivity contribution in [2.45, 2.75) is 58.9 Å². The number of hydrogen-bond donors (Lipinski definition) is 1. The lowest BCUT2D eigenvalue weighted by molar-refractivity contribution is 0.480. The number of alkyl halides is 1. The summed E-state index contributed by atoms with van der Waals surface area (Å²) >= 11 is 5.65. The van der Waals surface area contributed by atoms with E-state index in [-0.39, 0.29) is 17.7 Å². The van der Waals surface area contributed by atoms with Crippen LogP contribution in [0, 0.1) is 5.92 Å².